The first-order valence-electron chi connectivity index (χ1n) is 21.7. The maximum absolute atomic E-state index is 14.2. The van der Waals surface area contributed by atoms with Crippen LogP contribution in [0.1, 0.15) is 96.4 Å². The minimum atomic E-state index is -1.26. The fraction of sp³-hybridized carbons (Fsp3) is 0.562. The number of nitrogens with one attached hydrogen (secondary N) is 4. The second-order valence-electron chi connectivity index (χ2n) is 19.0. The minimum Gasteiger partial charge on any atom is -0.392 e. The third kappa shape index (κ3) is 7.45. The van der Waals surface area contributed by atoms with Gasteiger partial charge in [0.25, 0.3) is 0 Å². The molecule has 3 saturated carbocycles. The number of Topliss-reactive ketones (excluding diaryl/α,β-unsaturated/α-hetero) is 1. The van der Waals surface area contributed by atoms with Gasteiger partial charge in [-0.1, -0.05) is 91.7 Å². The molecule has 12 nitrogen and oxygen atoms in total. The van der Waals surface area contributed by atoms with E-state index in [4.69, 9.17) is 4.74 Å². The van der Waals surface area contributed by atoms with Gasteiger partial charge < -0.3 is 36.2 Å². The van der Waals surface area contributed by atoms with E-state index >= 15 is 0 Å². The summed E-state index contributed by atoms with van der Waals surface area (Å²) in [5.41, 5.74) is 1.22. The van der Waals surface area contributed by atoms with Crippen molar-refractivity contribution in [2.45, 2.75) is 110 Å². The van der Waals surface area contributed by atoms with Crippen molar-refractivity contribution in [1.82, 2.24) is 16.0 Å². The predicted octanol–water partition coefficient (Wildman–Crippen LogP) is 5.26. The molecule has 0 spiro atoms. The summed E-state index contributed by atoms with van der Waals surface area (Å²) < 4.78 is 7.08. The first kappa shape index (κ1) is 45.0. The zero-order valence-corrected chi connectivity index (χ0v) is 37.7. The zero-order chi connectivity index (χ0) is 44.1. The number of aliphatic hydroxyl groups is 2. The molecule has 6 N–H and O–H groups in total. The van der Waals surface area contributed by atoms with Crippen LogP contribution in [-0.4, -0.2) is 88.3 Å². The number of allylic oxidation sites excluding steroid dienone is 4. The fourth-order valence-corrected chi connectivity index (χ4v) is 12.6. The Labute approximate surface area is 367 Å². The average molecular weight is 902 g/mol. The molecule has 328 valence electrons. The fourth-order valence-electron chi connectivity index (χ4n) is 12.4. The molecule has 0 unspecified atom stereocenters. The second kappa shape index (κ2) is 16.9. The Morgan fingerprint density at radius 3 is 2.39 bits per heavy atom. The summed E-state index contributed by atoms with van der Waals surface area (Å²) in [5, 5.41) is 34.5. The van der Waals surface area contributed by atoms with Gasteiger partial charge in [0.05, 0.1) is 23.6 Å². The van der Waals surface area contributed by atoms with Crippen molar-refractivity contribution in [2.75, 3.05) is 30.3 Å². The number of carbonyl (C=O) groups is 5. The Bertz CT molecular complexity index is 2140. The van der Waals surface area contributed by atoms with E-state index in [2.05, 4.69) is 77.0 Å². The molecule has 1 heterocycles. The molecule has 5 aliphatic rings. The van der Waals surface area contributed by atoms with Crippen LogP contribution >= 0.6 is 15.9 Å². The molecule has 1 saturated heterocycles. The van der Waals surface area contributed by atoms with Crippen molar-refractivity contribution < 1.29 is 38.9 Å². The third-order valence-corrected chi connectivity index (χ3v) is 16.5. The Balaban J connectivity index is 1.01. The van der Waals surface area contributed by atoms with Gasteiger partial charge in [-0.05, 0) is 111 Å². The Kier molecular flexibility index (Phi) is 12.5. The number of rotatable bonds is 14. The second-order valence-corrected chi connectivity index (χ2v) is 19.6. The van der Waals surface area contributed by atoms with Crippen LogP contribution in [0.25, 0.3) is 0 Å². The summed E-state index contributed by atoms with van der Waals surface area (Å²) in [6, 6.07) is 14.4. The van der Waals surface area contributed by atoms with E-state index in [1.165, 1.54) is 0 Å². The van der Waals surface area contributed by atoms with Crippen LogP contribution in [0, 0.1) is 33.5 Å². The number of amides is 3. The van der Waals surface area contributed by atoms with Gasteiger partial charge in [-0.15, -0.1) is 0 Å². The van der Waals surface area contributed by atoms with Crippen molar-refractivity contribution in [3.63, 3.8) is 0 Å². The number of hydrogen-bond donors (Lipinski definition) is 6. The van der Waals surface area contributed by atoms with Gasteiger partial charge in [0.1, 0.15) is 18.2 Å². The Hall–Kier alpha value is -4.01. The van der Waals surface area contributed by atoms with Gasteiger partial charge >= 0.3 is 0 Å². The lowest BCUT2D eigenvalue weighted by Crippen LogP contribution is -2.69. The van der Waals surface area contributed by atoms with E-state index < -0.39 is 46.6 Å². The summed E-state index contributed by atoms with van der Waals surface area (Å²) in [7, 11) is 0. The van der Waals surface area contributed by atoms with Crippen LogP contribution in [0.2, 0.25) is 0 Å². The van der Waals surface area contributed by atoms with E-state index in [-0.39, 0.29) is 58.0 Å². The molecule has 1 aliphatic heterocycles. The molecule has 7 rings (SSSR count). The first-order valence-corrected chi connectivity index (χ1v) is 22.8. The highest BCUT2D eigenvalue weighted by Gasteiger charge is 2.81. The lowest BCUT2D eigenvalue weighted by Gasteiger charge is -2.69. The summed E-state index contributed by atoms with van der Waals surface area (Å²) in [6.45, 7) is 12.2. The summed E-state index contributed by atoms with van der Waals surface area (Å²) in [4.78, 5) is 63.8. The van der Waals surface area contributed by atoms with E-state index in [1.807, 2.05) is 36.4 Å². The van der Waals surface area contributed by atoms with Gasteiger partial charge in [0.2, 0.25) is 17.7 Å². The number of ketones is 2. The standard InChI is InChI=1S/C48H61BrN4O8/c1-28(50-18-19-51-41(58)26-49)42(59)52-29(2)43(60)53-35-9-7-8-31(21-35)20-30-10-12-32(13-11-30)37-23-34-24-45(4)38-15-14-33-22-36(55)16-17-44(33,3)47(38,6)39(56)25-46(45,5)48(34,61-37)40(57)27-54/h7-13,16-17,21-22,28-29,34,37-39,50,54,56H,14-15,18-20,23-27H2,1-6H3,(H,51,58)(H,52,59)(H,53,60)/t28-,29-,34+,37-,38-,39-,44-,45-,46-,47+,48-/m0/s1. The number of carbonyl (C=O) groups excluding carboxylic acids is 5. The smallest absolute Gasteiger partial charge is 0.246 e. The van der Waals surface area contributed by atoms with Gasteiger partial charge in [-0.25, -0.2) is 0 Å². The quantitative estimate of drug-likeness (QED) is 0.109. The number of halogens is 1. The van der Waals surface area contributed by atoms with Crippen LogP contribution in [0.4, 0.5) is 5.69 Å². The number of hydrogen-bond acceptors (Lipinski definition) is 9. The number of fused-ring (bicyclic) bond motifs is 7. The van der Waals surface area contributed by atoms with Crippen LogP contribution in [0.15, 0.2) is 72.3 Å². The zero-order valence-electron chi connectivity index (χ0n) is 36.1. The highest BCUT2D eigenvalue weighted by atomic mass is 79.9. The Morgan fingerprint density at radius 2 is 1.69 bits per heavy atom. The van der Waals surface area contributed by atoms with Gasteiger partial charge in [-0.3, -0.25) is 24.0 Å². The van der Waals surface area contributed by atoms with Gasteiger partial charge in [-0.2, -0.15) is 0 Å². The molecule has 0 aromatic heterocycles. The predicted molar refractivity (Wildman–Crippen MR) is 236 cm³/mol. The van der Waals surface area contributed by atoms with Crippen LogP contribution in [0.5, 0.6) is 0 Å². The lowest BCUT2D eigenvalue weighted by molar-refractivity contribution is -0.246. The number of benzene rings is 2. The Morgan fingerprint density at radius 1 is 0.951 bits per heavy atom. The molecule has 2 aromatic rings. The number of alkyl halides is 1. The molecule has 4 fully saturated rings. The van der Waals surface area contributed by atoms with Crippen molar-refractivity contribution in [3.05, 3.63) is 89.0 Å². The molecule has 3 amide bonds. The summed E-state index contributed by atoms with van der Waals surface area (Å²) >= 11 is 3.09. The van der Waals surface area contributed by atoms with E-state index in [0.717, 1.165) is 41.5 Å². The largest absolute Gasteiger partial charge is 0.392 e. The van der Waals surface area contributed by atoms with E-state index in [0.29, 0.717) is 38.0 Å². The number of ether oxygens (including phenoxy) is 1. The highest BCUT2D eigenvalue weighted by Crippen LogP contribution is 2.80. The van der Waals surface area contributed by atoms with Gasteiger partial charge in [0, 0.05) is 35.0 Å². The molecule has 61 heavy (non-hydrogen) atoms. The molecular formula is C48H61BrN4O8. The monoisotopic (exact) mass is 900 g/mol. The van der Waals surface area contributed by atoms with Crippen molar-refractivity contribution in [2.24, 2.45) is 33.5 Å². The SMILES string of the molecule is C[C@H](NCCNC(=O)CBr)C(=O)N[C@@H](C)C(=O)Nc1cccc(Cc2ccc([C@@H]3C[C@@H]4C[C@@]5(C)[C@@H]6CCC7=CC(=O)C=C[C@]7(C)[C@@]6(C)[C@@H](O)C[C@]5(C)[C@]4(C(=O)CO)O3)cc2)c1. The molecule has 0 radical (unpaired) electrons. The third-order valence-electron chi connectivity index (χ3n) is 16.0. The maximum atomic E-state index is 14.2. The van der Waals surface area contributed by atoms with E-state index in [1.54, 1.807) is 32.1 Å². The minimum absolute atomic E-state index is 0.0107. The van der Waals surface area contributed by atoms with Gasteiger partial charge in [0.15, 0.2) is 11.6 Å². The molecule has 13 heteroatoms. The highest BCUT2D eigenvalue weighted by molar-refractivity contribution is 9.09. The molecule has 4 aliphatic carbocycles. The van der Waals surface area contributed by atoms with Crippen LogP contribution in [0.3, 0.4) is 0 Å². The average Bonchev–Trinajstić information content (AvgIpc) is 3.70. The molecular weight excluding hydrogens is 840 g/mol. The molecule has 2 aromatic carbocycles. The lowest BCUT2D eigenvalue weighted by atomic mass is 9.36. The van der Waals surface area contributed by atoms with Crippen LogP contribution < -0.4 is 21.3 Å². The van der Waals surface area contributed by atoms with E-state index in [9.17, 15) is 34.2 Å². The van der Waals surface area contributed by atoms with Crippen molar-refractivity contribution >= 4 is 50.9 Å². The molecule has 0 bridgehead atoms. The summed E-state index contributed by atoms with van der Waals surface area (Å²) in [5.74, 6) is -1.24. The summed E-state index contributed by atoms with van der Waals surface area (Å²) in [6.07, 6.45) is 8.15. The molecule has 11 atom stereocenters. The normalized spacial score (nSPS) is 34.5. The van der Waals surface area contributed by atoms with Crippen molar-refractivity contribution in [3.8, 4) is 0 Å². The van der Waals surface area contributed by atoms with Crippen molar-refractivity contribution in [1.29, 1.82) is 0 Å². The topological polar surface area (TPSA) is 183 Å². The number of aliphatic hydroxyl groups excluding tert-OH is 2. The number of anilines is 1. The maximum Gasteiger partial charge on any atom is 0.246 e. The van der Waals surface area contributed by atoms with Crippen LogP contribution in [-0.2, 0) is 35.1 Å². The first-order chi connectivity index (χ1) is 28.9.